The van der Waals surface area contributed by atoms with E-state index in [0.717, 1.165) is 5.01 Å². The number of halogens is 1. The minimum atomic E-state index is -1.01. The summed E-state index contributed by atoms with van der Waals surface area (Å²) in [6.07, 6.45) is -0.989. The molecule has 8 nitrogen and oxygen atoms in total. The molecule has 0 saturated heterocycles. The minimum absolute atomic E-state index is 0.126. The van der Waals surface area contributed by atoms with Gasteiger partial charge in [0.25, 0.3) is 5.09 Å². The van der Waals surface area contributed by atoms with Gasteiger partial charge in [0.1, 0.15) is 12.6 Å². The van der Waals surface area contributed by atoms with Crippen LogP contribution in [0.4, 0.5) is 0 Å². The molecule has 0 aromatic carbocycles. The molecule has 9 heteroatoms. The Labute approximate surface area is 84.6 Å². The molecule has 1 unspecified atom stereocenters. The van der Waals surface area contributed by atoms with Crippen molar-refractivity contribution in [2.45, 2.75) is 13.0 Å². The van der Waals surface area contributed by atoms with Crippen LogP contribution in [-0.4, -0.2) is 40.2 Å². The van der Waals surface area contributed by atoms with Crippen molar-refractivity contribution in [1.82, 2.24) is 5.01 Å². The molecule has 1 atom stereocenters. The molecule has 0 rings (SSSR count). The Hall–Kier alpha value is -1.31. The van der Waals surface area contributed by atoms with Gasteiger partial charge in [-0.2, -0.15) is 0 Å². The van der Waals surface area contributed by atoms with E-state index in [9.17, 15) is 20.2 Å². The summed E-state index contributed by atoms with van der Waals surface area (Å²) < 4.78 is 0. The standard InChI is InChI=1S/C5H10ClN3O5/c1-2-7(8(10)11)4-5(3-6)14-9(12)13/h5H,2-4H2,1H3. The Morgan fingerprint density at radius 2 is 2.07 bits per heavy atom. The molecule has 0 N–H and O–H groups in total. The maximum absolute atomic E-state index is 10.3. The van der Waals surface area contributed by atoms with Crippen LogP contribution in [0.1, 0.15) is 6.92 Å². The van der Waals surface area contributed by atoms with E-state index in [0.29, 0.717) is 0 Å². The van der Waals surface area contributed by atoms with Gasteiger partial charge >= 0.3 is 0 Å². The molecule has 0 aliphatic carbocycles. The fourth-order valence-electron chi connectivity index (χ4n) is 0.778. The van der Waals surface area contributed by atoms with Gasteiger partial charge in [0, 0.05) is 0 Å². The van der Waals surface area contributed by atoms with E-state index in [4.69, 9.17) is 11.6 Å². The highest BCUT2D eigenvalue weighted by atomic mass is 35.5. The van der Waals surface area contributed by atoms with Gasteiger partial charge in [-0.3, -0.25) is 0 Å². The van der Waals surface area contributed by atoms with Crippen molar-refractivity contribution in [3.8, 4) is 0 Å². The number of nitro groups is 1. The average Bonchev–Trinajstić information content (AvgIpc) is 2.10. The second-order valence-corrected chi connectivity index (χ2v) is 2.66. The quantitative estimate of drug-likeness (QED) is 0.353. The van der Waals surface area contributed by atoms with E-state index in [2.05, 4.69) is 4.84 Å². The van der Waals surface area contributed by atoms with Gasteiger partial charge in [0.05, 0.1) is 12.4 Å². The summed E-state index contributed by atoms with van der Waals surface area (Å²) in [5, 5.41) is 19.4. The van der Waals surface area contributed by atoms with Crippen molar-refractivity contribution in [2.75, 3.05) is 19.0 Å². The Bertz CT molecular complexity index is 214. The van der Waals surface area contributed by atoms with Crippen molar-refractivity contribution in [1.29, 1.82) is 0 Å². The monoisotopic (exact) mass is 227 g/mol. The molecular weight excluding hydrogens is 218 g/mol. The van der Waals surface area contributed by atoms with E-state index < -0.39 is 16.2 Å². The lowest BCUT2D eigenvalue weighted by molar-refractivity contribution is -0.770. The van der Waals surface area contributed by atoms with Crippen LogP contribution < -0.4 is 0 Å². The highest BCUT2D eigenvalue weighted by Crippen LogP contribution is 2.00. The topological polar surface area (TPSA) is 98.8 Å². The molecule has 82 valence electrons. The molecule has 0 amide bonds. The van der Waals surface area contributed by atoms with Gasteiger partial charge in [-0.1, -0.05) is 0 Å². The number of alkyl halides is 1. The minimum Gasteiger partial charge on any atom is -0.307 e. The van der Waals surface area contributed by atoms with Crippen molar-refractivity contribution in [3.63, 3.8) is 0 Å². The average molecular weight is 228 g/mol. The fraction of sp³-hybridized carbons (Fsp3) is 1.00. The summed E-state index contributed by atoms with van der Waals surface area (Å²) in [6, 6.07) is 0. The Morgan fingerprint density at radius 3 is 2.36 bits per heavy atom. The van der Waals surface area contributed by atoms with Gasteiger partial charge in [-0.25, -0.2) is 10.1 Å². The van der Waals surface area contributed by atoms with Gasteiger partial charge in [0.2, 0.25) is 0 Å². The highest BCUT2D eigenvalue weighted by Gasteiger charge is 2.21. The van der Waals surface area contributed by atoms with Gasteiger partial charge < -0.3 is 4.84 Å². The zero-order valence-corrected chi connectivity index (χ0v) is 8.22. The summed E-state index contributed by atoms with van der Waals surface area (Å²) in [5.74, 6) is -0.175. The van der Waals surface area contributed by atoms with Gasteiger partial charge in [-0.15, -0.1) is 26.7 Å². The van der Waals surface area contributed by atoms with Crippen LogP contribution in [0.5, 0.6) is 0 Å². The van der Waals surface area contributed by atoms with E-state index in [-0.39, 0.29) is 19.0 Å². The second kappa shape index (κ2) is 6.19. The molecule has 0 aromatic rings. The van der Waals surface area contributed by atoms with E-state index in [1.807, 2.05) is 0 Å². The molecule has 0 spiro atoms. The SMILES string of the molecule is CCN(CC(CCl)O[N+](=O)[O-])[N+](=O)[O-]. The van der Waals surface area contributed by atoms with Crippen molar-refractivity contribution < 1.29 is 15.0 Å². The molecule has 0 radical (unpaired) electrons. The van der Waals surface area contributed by atoms with Gasteiger partial charge in [0.15, 0.2) is 5.03 Å². The first-order chi connectivity index (χ1) is 6.51. The fourth-order valence-corrected chi connectivity index (χ4v) is 0.932. The lowest BCUT2D eigenvalue weighted by Gasteiger charge is -2.16. The zero-order valence-electron chi connectivity index (χ0n) is 7.46. The second-order valence-electron chi connectivity index (χ2n) is 2.35. The maximum atomic E-state index is 10.3. The third-order valence-corrected chi connectivity index (χ3v) is 1.76. The van der Waals surface area contributed by atoms with Crippen LogP contribution >= 0.6 is 11.6 Å². The van der Waals surface area contributed by atoms with Crippen LogP contribution in [0.25, 0.3) is 0 Å². The summed E-state index contributed by atoms with van der Waals surface area (Å²) in [4.78, 5) is 24.4. The Balaban J connectivity index is 4.13. The van der Waals surface area contributed by atoms with Crippen LogP contribution in [0.3, 0.4) is 0 Å². The Morgan fingerprint density at radius 1 is 1.50 bits per heavy atom. The summed E-state index contributed by atoms with van der Waals surface area (Å²) in [6.45, 7) is 1.47. The first-order valence-electron chi connectivity index (χ1n) is 3.77. The van der Waals surface area contributed by atoms with E-state index in [1.165, 1.54) is 0 Å². The van der Waals surface area contributed by atoms with Gasteiger partial charge in [-0.05, 0) is 6.92 Å². The molecular formula is C5H10ClN3O5. The summed E-state index contributed by atoms with van der Waals surface area (Å²) in [5.41, 5.74) is 0. The zero-order chi connectivity index (χ0) is 11.1. The third kappa shape index (κ3) is 4.65. The Kier molecular flexibility index (Phi) is 5.61. The molecule has 0 saturated carbocycles. The van der Waals surface area contributed by atoms with Crippen molar-refractivity contribution in [3.05, 3.63) is 20.2 Å². The van der Waals surface area contributed by atoms with Crippen molar-refractivity contribution >= 4 is 11.6 Å². The molecule has 0 aromatic heterocycles. The molecule has 0 aliphatic rings. The van der Waals surface area contributed by atoms with Crippen LogP contribution in [-0.2, 0) is 4.84 Å². The molecule has 14 heavy (non-hydrogen) atoms. The molecule has 0 fully saturated rings. The number of rotatable bonds is 7. The number of hydrazine groups is 1. The van der Waals surface area contributed by atoms with Crippen LogP contribution in [0, 0.1) is 20.2 Å². The van der Waals surface area contributed by atoms with E-state index in [1.54, 1.807) is 6.92 Å². The lowest BCUT2D eigenvalue weighted by atomic mass is 10.4. The first-order valence-corrected chi connectivity index (χ1v) is 4.31. The normalized spacial score (nSPS) is 11.9. The molecule has 0 aliphatic heterocycles. The number of nitrogens with zero attached hydrogens (tertiary/aromatic N) is 3. The number of hydrogen-bond donors (Lipinski definition) is 0. The first kappa shape index (κ1) is 12.7. The highest BCUT2D eigenvalue weighted by molar-refractivity contribution is 6.18. The largest absolute Gasteiger partial charge is 0.307 e. The third-order valence-electron chi connectivity index (χ3n) is 1.42. The smallest absolute Gasteiger partial charge is 0.294 e. The summed E-state index contributed by atoms with van der Waals surface area (Å²) in [7, 11) is 0. The van der Waals surface area contributed by atoms with Crippen LogP contribution in [0.15, 0.2) is 0 Å². The predicted molar refractivity (Wildman–Crippen MR) is 46.8 cm³/mol. The summed E-state index contributed by atoms with van der Waals surface area (Å²) >= 11 is 5.34. The van der Waals surface area contributed by atoms with Crippen LogP contribution in [0.2, 0.25) is 0 Å². The molecule has 0 bridgehead atoms. The van der Waals surface area contributed by atoms with Crippen molar-refractivity contribution in [2.24, 2.45) is 0 Å². The number of hydrogen-bond acceptors (Lipinski definition) is 5. The maximum Gasteiger partial charge on any atom is 0.294 e. The molecule has 0 heterocycles. The van der Waals surface area contributed by atoms with E-state index >= 15 is 0 Å². The number of likely N-dealkylation sites (N-methyl/N-ethyl adjacent to an activating group) is 1. The predicted octanol–water partition coefficient (Wildman–Crippen LogP) is 0.316. The lowest BCUT2D eigenvalue weighted by Crippen LogP contribution is -2.39.